The molecule has 3 N–H and O–H groups in total. The summed E-state index contributed by atoms with van der Waals surface area (Å²) in [6, 6.07) is 15.8. The fourth-order valence-corrected chi connectivity index (χ4v) is 1.60. The molecule has 0 saturated heterocycles. The highest BCUT2D eigenvalue weighted by molar-refractivity contribution is 7.80. The van der Waals surface area contributed by atoms with E-state index in [9.17, 15) is 0 Å². The average Bonchev–Trinajstić information content (AvgIpc) is 2.39. The van der Waals surface area contributed by atoms with Crippen LogP contribution in [0.25, 0.3) is 0 Å². The molecule has 2 rings (SSSR count). The Morgan fingerprint density at radius 2 is 1.82 bits per heavy atom. The maximum atomic E-state index is 5.20. The summed E-state index contributed by atoms with van der Waals surface area (Å²) < 4.78 is 0. The van der Waals surface area contributed by atoms with Crippen molar-refractivity contribution >= 4 is 23.0 Å². The zero-order chi connectivity index (χ0) is 11.9. The van der Waals surface area contributed by atoms with E-state index >= 15 is 0 Å². The van der Waals surface area contributed by atoms with Gasteiger partial charge in [-0.2, -0.15) is 0 Å². The van der Waals surface area contributed by atoms with Gasteiger partial charge in [0.15, 0.2) is 17.0 Å². The number of hydrogen-bond donors (Lipinski definition) is 2. The molecule has 2 aromatic rings. The molecular weight excluding hydrogens is 230 g/mol. The topological polar surface area (TPSA) is 38.2 Å². The van der Waals surface area contributed by atoms with E-state index in [0.29, 0.717) is 11.7 Å². The van der Waals surface area contributed by atoms with E-state index in [1.807, 2.05) is 54.7 Å². The molecule has 0 saturated carbocycles. The SMILES string of the molecule is S=C(NCc1cccc[nH+]1)Nc1ccccc1. The quantitative estimate of drug-likeness (QED) is 0.811. The third-order valence-electron chi connectivity index (χ3n) is 2.24. The minimum atomic E-state index is 0.619. The molecule has 0 aliphatic heterocycles. The molecule has 0 amide bonds. The van der Waals surface area contributed by atoms with Crippen molar-refractivity contribution in [1.29, 1.82) is 0 Å². The fourth-order valence-electron chi connectivity index (χ4n) is 1.41. The molecule has 1 heterocycles. The largest absolute Gasteiger partial charge is 0.352 e. The second kappa shape index (κ2) is 5.96. The normalized spacial score (nSPS) is 9.65. The molecule has 1 aromatic carbocycles. The molecule has 86 valence electrons. The number of hydrogen-bond acceptors (Lipinski definition) is 1. The molecular formula is C13H14N3S+. The van der Waals surface area contributed by atoms with Crippen LogP contribution < -0.4 is 15.6 Å². The Morgan fingerprint density at radius 3 is 2.53 bits per heavy atom. The Hall–Kier alpha value is -1.94. The molecule has 0 atom stereocenters. The Morgan fingerprint density at radius 1 is 1.06 bits per heavy atom. The molecule has 0 spiro atoms. The first kappa shape index (κ1) is 11.5. The van der Waals surface area contributed by atoms with Gasteiger partial charge in [-0.3, -0.25) is 0 Å². The minimum Gasteiger partial charge on any atom is -0.352 e. The van der Waals surface area contributed by atoms with E-state index in [4.69, 9.17) is 12.2 Å². The highest BCUT2D eigenvalue weighted by Crippen LogP contribution is 2.04. The van der Waals surface area contributed by atoms with E-state index in [0.717, 1.165) is 11.4 Å². The van der Waals surface area contributed by atoms with Crippen LogP contribution in [0.3, 0.4) is 0 Å². The van der Waals surface area contributed by atoms with Crippen molar-refractivity contribution in [3.05, 3.63) is 60.4 Å². The smallest absolute Gasteiger partial charge is 0.198 e. The summed E-state index contributed by atoms with van der Waals surface area (Å²) in [6.07, 6.45) is 1.89. The number of aromatic nitrogens is 1. The van der Waals surface area contributed by atoms with Crippen molar-refractivity contribution in [1.82, 2.24) is 5.32 Å². The first-order valence-corrected chi connectivity index (χ1v) is 5.81. The highest BCUT2D eigenvalue weighted by atomic mass is 32.1. The van der Waals surface area contributed by atoms with Crippen LogP contribution in [0.4, 0.5) is 5.69 Å². The van der Waals surface area contributed by atoms with Gasteiger partial charge in [0.1, 0.15) is 6.54 Å². The van der Waals surface area contributed by atoms with Crippen LogP contribution in [0.15, 0.2) is 54.7 Å². The van der Waals surface area contributed by atoms with Crippen LogP contribution in [-0.2, 0) is 6.54 Å². The van der Waals surface area contributed by atoms with Gasteiger partial charge in [-0.15, -0.1) is 0 Å². The number of benzene rings is 1. The van der Waals surface area contributed by atoms with Crippen molar-refractivity contribution in [3.8, 4) is 0 Å². The fraction of sp³-hybridized carbons (Fsp3) is 0.0769. The maximum Gasteiger partial charge on any atom is 0.198 e. The van der Waals surface area contributed by atoms with E-state index in [-0.39, 0.29) is 0 Å². The van der Waals surface area contributed by atoms with Gasteiger partial charge in [0.05, 0.1) is 0 Å². The molecule has 17 heavy (non-hydrogen) atoms. The maximum absolute atomic E-state index is 5.20. The Bertz CT molecular complexity index is 471. The van der Waals surface area contributed by atoms with Crippen molar-refractivity contribution in [2.45, 2.75) is 6.54 Å². The molecule has 4 heteroatoms. The van der Waals surface area contributed by atoms with Gasteiger partial charge in [0.2, 0.25) is 0 Å². The molecule has 0 bridgehead atoms. The van der Waals surface area contributed by atoms with E-state index in [1.165, 1.54) is 0 Å². The first-order valence-electron chi connectivity index (χ1n) is 5.40. The highest BCUT2D eigenvalue weighted by Gasteiger charge is 2.00. The van der Waals surface area contributed by atoms with Crippen LogP contribution >= 0.6 is 12.2 Å². The molecule has 0 fully saturated rings. The predicted octanol–water partition coefficient (Wildman–Crippen LogP) is 1.99. The summed E-state index contributed by atoms with van der Waals surface area (Å²) in [4.78, 5) is 3.14. The second-order valence-electron chi connectivity index (χ2n) is 3.56. The van der Waals surface area contributed by atoms with Crippen LogP contribution in [0.1, 0.15) is 5.69 Å². The number of nitrogens with one attached hydrogen (secondary N) is 3. The lowest BCUT2D eigenvalue weighted by molar-refractivity contribution is -0.390. The van der Waals surface area contributed by atoms with E-state index in [1.54, 1.807) is 0 Å². The second-order valence-corrected chi connectivity index (χ2v) is 3.97. The lowest BCUT2D eigenvalue weighted by Crippen LogP contribution is -2.30. The minimum absolute atomic E-state index is 0.619. The monoisotopic (exact) mass is 244 g/mol. The summed E-state index contributed by atoms with van der Waals surface area (Å²) in [5.74, 6) is 0. The van der Waals surface area contributed by atoms with Gasteiger partial charge in [-0.05, 0) is 24.4 Å². The molecule has 0 radical (unpaired) electrons. The number of aromatic amines is 1. The summed E-state index contributed by atoms with van der Waals surface area (Å²) in [6.45, 7) is 0.680. The van der Waals surface area contributed by atoms with Gasteiger partial charge >= 0.3 is 0 Å². The number of para-hydroxylation sites is 1. The zero-order valence-corrected chi connectivity index (χ0v) is 10.1. The predicted molar refractivity (Wildman–Crippen MR) is 72.5 cm³/mol. The van der Waals surface area contributed by atoms with Crippen molar-refractivity contribution in [2.75, 3.05) is 5.32 Å². The lowest BCUT2D eigenvalue weighted by Gasteiger charge is -2.08. The van der Waals surface area contributed by atoms with E-state index < -0.39 is 0 Å². The summed E-state index contributed by atoms with van der Waals surface area (Å²) in [5, 5.41) is 6.87. The summed E-state index contributed by atoms with van der Waals surface area (Å²) in [7, 11) is 0. The first-order chi connectivity index (χ1) is 8.34. The van der Waals surface area contributed by atoms with Crippen LogP contribution in [0, 0.1) is 0 Å². The number of H-pyrrole nitrogens is 1. The molecule has 3 nitrogen and oxygen atoms in total. The zero-order valence-electron chi connectivity index (χ0n) is 9.31. The number of pyridine rings is 1. The van der Waals surface area contributed by atoms with Gasteiger partial charge < -0.3 is 10.6 Å². The van der Waals surface area contributed by atoms with Gasteiger partial charge in [0, 0.05) is 17.8 Å². The molecule has 0 aliphatic carbocycles. The Balaban J connectivity index is 1.83. The third kappa shape index (κ3) is 3.85. The van der Waals surface area contributed by atoms with Crippen molar-refractivity contribution in [3.63, 3.8) is 0 Å². The number of thiocarbonyl (C=S) groups is 1. The van der Waals surface area contributed by atoms with Crippen LogP contribution in [-0.4, -0.2) is 5.11 Å². The molecule has 0 aliphatic rings. The van der Waals surface area contributed by atoms with Crippen molar-refractivity contribution in [2.24, 2.45) is 0 Å². The summed E-state index contributed by atoms with van der Waals surface area (Å²) in [5.41, 5.74) is 2.08. The van der Waals surface area contributed by atoms with Crippen molar-refractivity contribution < 1.29 is 4.98 Å². The molecule has 1 aromatic heterocycles. The molecule has 0 unspecified atom stereocenters. The standard InChI is InChI=1S/C13H13N3S/c17-13(16-11-6-2-1-3-7-11)15-10-12-8-4-5-9-14-12/h1-9H,10H2,(H2,15,16,17)/p+1. The Kier molecular flexibility index (Phi) is 4.05. The van der Waals surface area contributed by atoms with Gasteiger partial charge in [0.25, 0.3) is 0 Å². The Labute approximate surface area is 106 Å². The number of anilines is 1. The van der Waals surface area contributed by atoms with Crippen LogP contribution in [0.5, 0.6) is 0 Å². The number of rotatable bonds is 3. The average molecular weight is 244 g/mol. The van der Waals surface area contributed by atoms with Crippen LogP contribution in [0.2, 0.25) is 0 Å². The third-order valence-corrected chi connectivity index (χ3v) is 2.49. The van der Waals surface area contributed by atoms with Gasteiger partial charge in [-0.1, -0.05) is 24.3 Å². The van der Waals surface area contributed by atoms with Gasteiger partial charge in [-0.25, -0.2) is 4.98 Å². The summed E-state index contributed by atoms with van der Waals surface area (Å²) >= 11 is 5.20. The van der Waals surface area contributed by atoms with E-state index in [2.05, 4.69) is 15.6 Å². The lowest BCUT2D eigenvalue weighted by atomic mass is 10.3.